The van der Waals surface area contributed by atoms with Crippen molar-refractivity contribution in [3.8, 4) is 5.75 Å². The van der Waals surface area contributed by atoms with E-state index in [-0.39, 0.29) is 5.56 Å². The Kier molecular flexibility index (Phi) is 6.19. The van der Waals surface area contributed by atoms with E-state index in [1.54, 1.807) is 6.07 Å². The van der Waals surface area contributed by atoms with E-state index in [9.17, 15) is 9.18 Å². The smallest absolute Gasteiger partial charge is 0.340 e. The molecule has 5 heteroatoms. The lowest BCUT2D eigenvalue weighted by molar-refractivity contribution is 0.0595. The van der Waals surface area contributed by atoms with Crippen LogP contribution in [0.4, 0.5) is 4.39 Å². The Morgan fingerprint density at radius 2 is 2.27 bits per heavy atom. The Morgan fingerprint density at radius 3 is 2.91 bits per heavy atom. The zero-order valence-corrected chi connectivity index (χ0v) is 13.3. The maximum atomic E-state index is 14.5. The van der Waals surface area contributed by atoms with Crippen LogP contribution in [0.15, 0.2) is 12.1 Å². The van der Waals surface area contributed by atoms with Crippen molar-refractivity contribution >= 4 is 5.97 Å². The quantitative estimate of drug-likeness (QED) is 0.821. The summed E-state index contributed by atoms with van der Waals surface area (Å²) in [6.45, 7) is 4.53. The first kappa shape index (κ1) is 16.7. The third-order valence-electron chi connectivity index (χ3n) is 3.98. The molecule has 1 heterocycles. The molecule has 1 saturated heterocycles. The van der Waals surface area contributed by atoms with Crippen molar-refractivity contribution < 1.29 is 18.7 Å². The van der Waals surface area contributed by atoms with E-state index in [0.29, 0.717) is 30.3 Å². The number of hydrogen-bond acceptors (Lipinski definition) is 4. The van der Waals surface area contributed by atoms with Crippen LogP contribution in [0.1, 0.15) is 42.1 Å². The zero-order chi connectivity index (χ0) is 15.9. The molecule has 1 fully saturated rings. The fourth-order valence-electron chi connectivity index (χ4n) is 2.76. The molecule has 1 atom stereocenters. The molecule has 122 valence electrons. The van der Waals surface area contributed by atoms with Crippen molar-refractivity contribution in [1.29, 1.82) is 0 Å². The second-order valence-corrected chi connectivity index (χ2v) is 5.67. The fraction of sp³-hybridized carbons (Fsp3) is 0.588. The summed E-state index contributed by atoms with van der Waals surface area (Å²) in [6.07, 6.45) is 3.59. The number of esters is 1. The topological polar surface area (TPSA) is 47.6 Å². The molecule has 1 N–H and O–H groups in total. The van der Waals surface area contributed by atoms with Crippen molar-refractivity contribution in [2.45, 2.75) is 32.6 Å². The molecule has 1 unspecified atom stereocenters. The van der Waals surface area contributed by atoms with Gasteiger partial charge in [0.1, 0.15) is 11.6 Å². The number of ether oxygens (including phenoxy) is 2. The van der Waals surface area contributed by atoms with Gasteiger partial charge < -0.3 is 14.8 Å². The lowest BCUT2D eigenvalue weighted by atomic mass is 10.0. The van der Waals surface area contributed by atoms with Crippen LogP contribution >= 0.6 is 0 Å². The van der Waals surface area contributed by atoms with E-state index in [2.05, 4.69) is 10.1 Å². The summed E-state index contributed by atoms with van der Waals surface area (Å²) in [5, 5.41) is 3.34. The highest BCUT2D eigenvalue weighted by molar-refractivity contribution is 5.90. The lowest BCUT2D eigenvalue weighted by Gasteiger charge is -2.23. The van der Waals surface area contributed by atoms with E-state index in [1.165, 1.54) is 13.2 Å². The van der Waals surface area contributed by atoms with Gasteiger partial charge in [0.25, 0.3) is 0 Å². The van der Waals surface area contributed by atoms with Crippen molar-refractivity contribution in [2.24, 2.45) is 5.92 Å². The van der Waals surface area contributed by atoms with Crippen molar-refractivity contribution in [1.82, 2.24) is 5.32 Å². The average Bonchev–Trinajstić information content (AvgIpc) is 2.56. The number of benzene rings is 1. The number of piperidine rings is 1. The van der Waals surface area contributed by atoms with Gasteiger partial charge in [-0.05, 0) is 37.9 Å². The molecule has 1 aliphatic heterocycles. The molecule has 22 heavy (non-hydrogen) atoms. The Balaban J connectivity index is 2.15. The van der Waals surface area contributed by atoms with Gasteiger partial charge in [-0.25, -0.2) is 9.18 Å². The summed E-state index contributed by atoms with van der Waals surface area (Å²) in [5.41, 5.74) is 0.437. The second kappa shape index (κ2) is 8.13. The van der Waals surface area contributed by atoms with Gasteiger partial charge in [0, 0.05) is 18.0 Å². The molecule has 0 bridgehead atoms. The van der Waals surface area contributed by atoms with E-state index < -0.39 is 11.8 Å². The van der Waals surface area contributed by atoms with Crippen LogP contribution in [0.5, 0.6) is 5.75 Å². The highest BCUT2D eigenvalue weighted by Crippen LogP contribution is 2.27. The maximum Gasteiger partial charge on any atom is 0.340 e. The third kappa shape index (κ3) is 3.97. The summed E-state index contributed by atoms with van der Waals surface area (Å²) < 4.78 is 25.0. The predicted molar refractivity (Wildman–Crippen MR) is 82.8 cm³/mol. The Labute approximate surface area is 131 Å². The number of rotatable bonds is 6. The number of methoxy groups -OCH3 is 1. The molecule has 1 aromatic carbocycles. The van der Waals surface area contributed by atoms with Crippen LogP contribution in [-0.4, -0.2) is 32.8 Å². The van der Waals surface area contributed by atoms with Gasteiger partial charge in [0.15, 0.2) is 0 Å². The Morgan fingerprint density at radius 1 is 1.45 bits per heavy atom. The van der Waals surface area contributed by atoms with Gasteiger partial charge in [-0.3, -0.25) is 0 Å². The van der Waals surface area contributed by atoms with Gasteiger partial charge in [0.05, 0.1) is 19.3 Å². The monoisotopic (exact) mass is 309 g/mol. The van der Waals surface area contributed by atoms with E-state index >= 15 is 0 Å². The largest absolute Gasteiger partial charge is 0.493 e. The third-order valence-corrected chi connectivity index (χ3v) is 3.98. The standard InChI is InChI=1S/C17H24FNO3/c1-3-5-13-15(22-11-12-6-4-9-19-10-12)8-7-14(16(13)18)17(20)21-2/h7-8,12,19H,3-6,9-11H2,1-2H3. The van der Waals surface area contributed by atoms with Gasteiger partial charge in [0.2, 0.25) is 0 Å². The fourth-order valence-corrected chi connectivity index (χ4v) is 2.76. The summed E-state index contributed by atoms with van der Waals surface area (Å²) >= 11 is 0. The minimum Gasteiger partial charge on any atom is -0.493 e. The predicted octanol–water partition coefficient (Wildman–Crippen LogP) is 2.94. The lowest BCUT2D eigenvalue weighted by Crippen LogP contribution is -2.33. The van der Waals surface area contributed by atoms with Crippen LogP contribution in [0.2, 0.25) is 0 Å². The average molecular weight is 309 g/mol. The molecule has 0 spiro atoms. The van der Waals surface area contributed by atoms with Crippen LogP contribution < -0.4 is 10.1 Å². The normalized spacial score (nSPS) is 18.0. The number of carbonyl (C=O) groups excluding carboxylic acids is 1. The summed E-state index contributed by atoms with van der Waals surface area (Å²) in [6, 6.07) is 3.12. The highest BCUT2D eigenvalue weighted by atomic mass is 19.1. The van der Waals surface area contributed by atoms with Crippen molar-refractivity contribution in [3.05, 3.63) is 29.1 Å². The molecule has 0 radical (unpaired) electrons. The van der Waals surface area contributed by atoms with E-state index in [0.717, 1.165) is 32.4 Å². The molecular weight excluding hydrogens is 285 g/mol. The molecule has 2 rings (SSSR count). The molecule has 0 amide bonds. The summed E-state index contributed by atoms with van der Waals surface area (Å²) in [4.78, 5) is 11.6. The van der Waals surface area contributed by atoms with Crippen LogP contribution in [0, 0.1) is 11.7 Å². The molecular formula is C17H24FNO3. The molecule has 0 saturated carbocycles. The van der Waals surface area contributed by atoms with Crippen LogP contribution in [0.3, 0.4) is 0 Å². The van der Waals surface area contributed by atoms with Gasteiger partial charge >= 0.3 is 5.97 Å². The van der Waals surface area contributed by atoms with Gasteiger partial charge in [-0.2, -0.15) is 0 Å². The minimum atomic E-state index is -0.655. The van der Waals surface area contributed by atoms with Crippen molar-refractivity contribution in [3.63, 3.8) is 0 Å². The first-order chi connectivity index (χ1) is 10.7. The summed E-state index contributed by atoms with van der Waals surface area (Å²) in [7, 11) is 1.25. The molecule has 0 aromatic heterocycles. The second-order valence-electron chi connectivity index (χ2n) is 5.67. The molecule has 1 aromatic rings. The zero-order valence-electron chi connectivity index (χ0n) is 13.3. The first-order valence-corrected chi connectivity index (χ1v) is 7.90. The van der Waals surface area contributed by atoms with Crippen LogP contribution in [0.25, 0.3) is 0 Å². The SMILES string of the molecule is CCCc1c(OCC2CCCNC2)ccc(C(=O)OC)c1F. The summed E-state index contributed by atoms with van der Waals surface area (Å²) in [5.74, 6) is -0.185. The van der Waals surface area contributed by atoms with Crippen LogP contribution in [-0.2, 0) is 11.2 Å². The number of halogens is 1. The Bertz CT molecular complexity index is 513. The van der Waals surface area contributed by atoms with Gasteiger partial charge in [-0.1, -0.05) is 13.3 Å². The molecule has 0 aliphatic carbocycles. The number of carbonyl (C=O) groups is 1. The van der Waals surface area contributed by atoms with Crippen molar-refractivity contribution in [2.75, 3.05) is 26.8 Å². The van der Waals surface area contributed by atoms with Gasteiger partial charge in [-0.15, -0.1) is 0 Å². The molecule has 4 nitrogen and oxygen atoms in total. The maximum absolute atomic E-state index is 14.5. The number of hydrogen-bond donors (Lipinski definition) is 1. The van der Waals surface area contributed by atoms with E-state index in [1.807, 2.05) is 6.92 Å². The number of nitrogens with one attached hydrogen (secondary N) is 1. The molecule has 1 aliphatic rings. The van der Waals surface area contributed by atoms with E-state index in [4.69, 9.17) is 4.74 Å². The first-order valence-electron chi connectivity index (χ1n) is 7.90. The Hall–Kier alpha value is -1.62. The minimum absolute atomic E-state index is 0.0300. The highest BCUT2D eigenvalue weighted by Gasteiger charge is 2.20.